The number of fused-ring (bicyclic) bond motifs is 1. The maximum atomic E-state index is 13.4. The van der Waals surface area contributed by atoms with Crippen molar-refractivity contribution in [3.8, 4) is 0 Å². The van der Waals surface area contributed by atoms with Gasteiger partial charge in [-0.05, 0) is 42.5 Å². The summed E-state index contributed by atoms with van der Waals surface area (Å²) in [5, 5.41) is 9.24. The molecule has 1 unspecified atom stereocenters. The molecule has 2 aliphatic rings. The van der Waals surface area contributed by atoms with E-state index in [0.29, 0.717) is 31.6 Å². The van der Waals surface area contributed by atoms with Crippen LogP contribution >= 0.6 is 0 Å². The number of carbonyl (C=O) groups is 3. The van der Waals surface area contributed by atoms with Crippen LogP contribution in [-0.4, -0.2) is 62.3 Å². The number of imidazole rings is 1. The van der Waals surface area contributed by atoms with Crippen LogP contribution in [0.15, 0.2) is 60.9 Å². The number of nitrogens with one attached hydrogen (secondary N) is 1. The summed E-state index contributed by atoms with van der Waals surface area (Å²) < 4.78 is 0. The first kappa shape index (κ1) is 22.8. The molecule has 0 aliphatic carbocycles. The topological polar surface area (TPSA) is 107 Å². The summed E-state index contributed by atoms with van der Waals surface area (Å²) in [6.45, 7) is 1.75. The van der Waals surface area contributed by atoms with E-state index in [1.54, 1.807) is 23.4 Å². The van der Waals surface area contributed by atoms with Crippen LogP contribution < -0.4 is 0 Å². The van der Waals surface area contributed by atoms with Crippen LogP contribution in [0.2, 0.25) is 0 Å². The fraction of sp³-hybridized carbons (Fsp3) is 0.333. The number of rotatable bonds is 5. The van der Waals surface area contributed by atoms with Crippen LogP contribution in [0.25, 0.3) is 0 Å². The molecule has 8 nitrogen and oxygen atoms in total. The van der Waals surface area contributed by atoms with E-state index < -0.39 is 5.97 Å². The number of carboxylic acids is 1. The molecule has 1 aromatic heterocycles. The lowest BCUT2D eigenvalue weighted by Crippen LogP contribution is -2.47. The van der Waals surface area contributed by atoms with Crippen LogP contribution in [0.5, 0.6) is 0 Å². The molecule has 1 fully saturated rings. The molecule has 5 rings (SSSR count). The van der Waals surface area contributed by atoms with Gasteiger partial charge in [-0.1, -0.05) is 36.4 Å². The van der Waals surface area contributed by atoms with E-state index >= 15 is 0 Å². The molecule has 2 amide bonds. The maximum absolute atomic E-state index is 13.4. The fourth-order valence-electron chi connectivity index (χ4n) is 5.32. The number of H-pyrrole nitrogens is 1. The predicted molar refractivity (Wildman–Crippen MR) is 129 cm³/mol. The van der Waals surface area contributed by atoms with Gasteiger partial charge in [0.25, 0.3) is 5.91 Å². The van der Waals surface area contributed by atoms with E-state index in [2.05, 4.69) is 9.97 Å². The third kappa shape index (κ3) is 4.69. The van der Waals surface area contributed by atoms with Gasteiger partial charge in [-0.25, -0.2) is 9.78 Å². The molecule has 0 bridgehead atoms. The highest BCUT2D eigenvalue weighted by molar-refractivity contribution is 5.97. The quantitative estimate of drug-likeness (QED) is 0.592. The van der Waals surface area contributed by atoms with Gasteiger partial charge in [0.1, 0.15) is 0 Å². The number of aromatic nitrogens is 2. The van der Waals surface area contributed by atoms with E-state index in [1.165, 1.54) is 12.1 Å². The lowest BCUT2D eigenvalue weighted by atomic mass is 9.83. The zero-order chi connectivity index (χ0) is 24.4. The summed E-state index contributed by atoms with van der Waals surface area (Å²) in [6, 6.07) is 15.8. The van der Waals surface area contributed by atoms with Crippen LogP contribution in [0.1, 0.15) is 56.6 Å². The Morgan fingerprint density at radius 1 is 0.971 bits per heavy atom. The molecule has 8 heteroatoms. The van der Waals surface area contributed by atoms with E-state index in [-0.39, 0.29) is 29.3 Å². The molecule has 1 atom stereocenters. The van der Waals surface area contributed by atoms with Crippen molar-refractivity contribution in [3.63, 3.8) is 0 Å². The number of piperidine rings is 1. The van der Waals surface area contributed by atoms with Crippen molar-refractivity contribution >= 4 is 17.8 Å². The number of hydrogen-bond acceptors (Lipinski definition) is 4. The second-order valence-corrected chi connectivity index (χ2v) is 9.23. The number of carbonyl (C=O) groups excluding carboxylic acids is 2. The monoisotopic (exact) mass is 472 g/mol. The zero-order valence-corrected chi connectivity index (χ0v) is 19.4. The Kier molecular flexibility index (Phi) is 6.35. The maximum Gasteiger partial charge on any atom is 0.335 e. The van der Waals surface area contributed by atoms with Crippen LogP contribution in [0.3, 0.4) is 0 Å². The summed E-state index contributed by atoms with van der Waals surface area (Å²) >= 11 is 0. The van der Waals surface area contributed by atoms with Gasteiger partial charge in [0.15, 0.2) is 0 Å². The van der Waals surface area contributed by atoms with Gasteiger partial charge in [-0.2, -0.15) is 0 Å². The van der Waals surface area contributed by atoms with Gasteiger partial charge < -0.3 is 19.9 Å². The zero-order valence-electron chi connectivity index (χ0n) is 19.4. The number of nitrogens with zero attached hydrogens (tertiary/aromatic N) is 3. The predicted octanol–water partition coefficient (Wildman–Crippen LogP) is 3.33. The number of carboxylic acid groups (broad SMARTS) is 1. The van der Waals surface area contributed by atoms with Crippen molar-refractivity contribution in [2.24, 2.45) is 5.92 Å². The van der Waals surface area contributed by atoms with E-state index in [9.17, 15) is 19.5 Å². The fourth-order valence-corrected chi connectivity index (χ4v) is 5.32. The van der Waals surface area contributed by atoms with Crippen molar-refractivity contribution in [1.82, 2.24) is 19.8 Å². The summed E-state index contributed by atoms with van der Waals surface area (Å²) in [7, 11) is 0. The van der Waals surface area contributed by atoms with Gasteiger partial charge in [0.05, 0.1) is 30.0 Å². The van der Waals surface area contributed by atoms with Crippen molar-refractivity contribution in [2.45, 2.75) is 31.7 Å². The highest BCUT2D eigenvalue weighted by Gasteiger charge is 2.39. The Balaban J connectivity index is 1.31. The number of likely N-dealkylation sites (tertiary alicyclic amines) is 1. The molecule has 1 saturated heterocycles. The third-order valence-corrected chi connectivity index (χ3v) is 7.12. The van der Waals surface area contributed by atoms with Gasteiger partial charge in [0, 0.05) is 37.3 Å². The summed E-state index contributed by atoms with van der Waals surface area (Å²) in [4.78, 5) is 49.3. The number of benzene rings is 2. The van der Waals surface area contributed by atoms with Crippen molar-refractivity contribution in [1.29, 1.82) is 0 Å². The molecule has 3 heterocycles. The van der Waals surface area contributed by atoms with E-state index in [0.717, 1.165) is 36.2 Å². The molecule has 2 aliphatic heterocycles. The molecular weight excluding hydrogens is 444 g/mol. The Morgan fingerprint density at radius 2 is 1.71 bits per heavy atom. The van der Waals surface area contributed by atoms with Crippen molar-refractivity contribution < 1.29 is 19.5 Å². The molecule has 2 aromatic carbocycles. The molecule has 35 heavy (non-hydrogen) atoms. The molecular formula is C27H28N4O4. The van der Waals surface area contributed by atoms with Crippen LogP contribution in [-0.2, 0) is 17.6 Å². The summed E-state index contributed by atoms with van der Waals surface area (Å²) in [5.74, 6) is -0.927. The summed E-state index contributed by atoms with van der Waals surface area (Å²) in [6.07, 6.45) is 4.31. The first-order valence-electron chi connectivity index (χ1n) is 12.0. The Morgan fingerprint density at radius 3 is 2.46 bits per heavy atom. The highest BCUT2D eigenvalue weighted by atomic mass is 16.4. The standard InChI is InChI=1S/C27H28N4O4/c32-23(15-18-5-2-1-3-6-18)31-14-11-22-24(29-17-28-22)25(31)19-9-12-30(13-10-19)26(33)20-7-4-8-21(16-20)27(34)35/h1-8,16-17,19,25H,9-15H2,(H,28,29)(H,34,35). The van der Waals surface area contributed by atoms with E-state index in [4.69, 9.17) is 0 Å². The molecule has 0 radical (unpaired) electrons. The van der Waals surface area contributed by atoms with Crippen LogP contribution in [0, 0.1) is 5.92 Å². The third-order valence-electron chi connectivity index (χ3n) is 7.12. The molecule has 2 N–H and O–H groups in total. The minimum absolute atomic E-state index is 0.0961. The average Bonchev–Trinajstić information content (AvgIpc) is 3.37. The first-order valence-corrected chi connectivity index (χ1v) is 12.0. The summed E-state index contributed by atoms with van der Waals surface area (Å²) in [5.41, 5.74) is 3.51. The van der Waals surface area contributed by atoms with Gasteiger partial charge in [0.2, 0.25) is 5.91 Å². The van der Waals surface area contributed by atoms with Gasteiger partial charge >= 0.3 is 5.97 Å². The Hall–Kier alpha value is -3.94. The normalized spacial score (nSPS) is 18.2. The molecule has 180 valence electrons. The minimum Gasteiger partial charge on any atom is -0.478 e. The second-order valence-electron chi connectivity index (χ2n) is 9.23. The average molecular weight is 473 g/mol. The minimum atomic E-state index is -1.05. The number of amides is 2. The number of hydrogen-bond donors (Lipinski definition) is 2. The second kappa shape index (κ2) is 9.74. The lowest BCUT2D eigenvalue weighted by Gasteiger charge is -2.43. The van der Waals surface area contributed by atoms with Gasteiger partial charge in [-0.3, -0.25) is 9.59 Å². The Bertz CT molecular complexity index is 1230. The largest absolute Gasteiger partial charge is 0.478 e. The first-order chi connectivity index (χ1) is 17.0. The van der Waals surface area contributed by atoms with Crippen molar-refractivity contribution in [2.75, 3.05) is 19.6 Å². The van der Waals surface area contributed by atoms with Crippen molar-refractivity contribution in [3.05, 3.63) is 89.0 Å². The van der Waals surface area contributed by atoms with Gasteiger partial charge in [-0.15, -0.1) is 0 Å². The SMILES string of the molecule is O=C(O)c1cccc(C(=O)N2CCC(C3c4nc[nH]c4CCN3C(=O)Cc3ccccc3)CC2)c1. The highest BCUT2D eigenvalue weighted by Crippen LogP contribution is 2.39. The lowest BCUT2D eigenvalue weighted by molar-refractivity contribution is -0.135. The molecule has 3 aromatic rings. The number of aromatic carboxylic acids is 1. The molecule has 0 saturated carbocycles. The molecule has 0 spiro atoms. The van der Waals surface area contributed by atoms with E-state index in [1.807, 2.05) is 35.2 Å². The van der Waals surface area contributed by atoms with Crippen LogP contribution in [0.4, 0.5) is 0 Å². The smallest absolute Gasteiger partial charge is 0.335 e. The number of aromatic amines is 1. The Labute approximate surface area is 203 Å².